The monoisotopic (exact) mass is 988 g/mol. The number of para-hydroxylation sites is 5. The largest absolute Gasteiger partial charge is 0.454 e. The van der Waals surface area contributed by atoms with Crippen molar-refractivity contribution in [3.63, 3.8) is 0 Å². The van der Waals surface area contributed by atoms with Gasteiger partial charge in [0.25, 0.3) is 0 Å². The number of aromatic nitrogens is 2. The first kappa shape index (κ1) is 36.1. The van der Waals surface area contributed by atoms with Gasteiger partial charge in [-0.3, -0.25) is 0 Å². The van der Waals surface area contributed by atoms with Gasteiger partial charge in [-0.15, -0.1) is 0 Å². The van der Waals surface area contributed by atoms with E-state index in [2.05, 4.69) is 174 Å². The van der Waals surface area contributed by atoms with Crippen LogP contribution in [0.3, 0.4) is 0 Å². The molecular formula is C53H35FI2N2O. The molecule has 3 aromatic heterocycles. The first-order valence-corrected chi connectivity index (χ1v) is 23.8. The molecule has 0 amide bonds. The van der Waals surface area contributed by atoms with E-state index in [1.165, 1.54) is 7.08 Å². The number of benzene rings is 8. The number of nitrogens with zero attached hydrogens (tertiary/aromatic N) is 2. The van der Waals surface area contributed by atoms with E-state index in [-0.39, 0.29) is 5.82 Å². The molecule has 0 aliphatic rings. The third-order valence-corrected chi connectivity index (χ3v) is 18.7. The summed E-state index contributed by atoms with van der Waals surface area (Å²) in [5, 5.41) is 5.75. The van der Waals surface area contributed by atoms with Crippen molar-refractivity contribution < 1.29 is 8.81 Å². The lowest BCUT2D eigenvalue weighted by atomic mass is 10.0. The number of rotatable bonds is 7. The molecule has 0 radical (unpaired) electrons. The lowest BCUT2D eigenvalue weighted by Gasteiger charge is -2.22. The molecule has 0 unspecified atom stereocenters. The highest BCUT2D eigenvalue weighted by atomic mass is 127. The fourth-order valence-corrected chi connectivity index (χ4v) is 17.1. The quantitative estimate of drug-likeness (QED) is 0.146. The fourth-order valence-electron chi connectivity index (χ4n) is 8.59. The van der Waals surface area contributed by atoms with Crippen LogP contribution in [0.5, 0.6) is 0 Å². The summed E-state index contributed by atoms with van der Waals surface area (Å²) in [4.78, 5) is 0. The maximum Gasteiger partial charge on any atom is 0.164 e. The smallest absolute Gasteiger partial charge is 0.164 e. The summed E-state index contributed by atoms with van der Waals surface area (Å²) in [7, 11) is 0. The molecule has 0 fully saturated rings. The van der Waals surface area contributed by atoms with E-state index < -0.39 is 41.5 Å². The molecule has 8 aromatic carbocycles. The Kier molecular flexibility index (Phi) is 9.00. The molecule has 0 spiro atoms. The molecule has 0 saturated heterocycles. The molecule has 59 heavy (non-hydrogen) atoms. The van der Waals surface area contributed by atoms with Crippen LogP contribution in [-0.4, -0.2) is 14.2 Å². The topological polar surface area (TPSA) is 23.0 Å². The van der Waals surface area contributed by atoms with Gasteiger partial charge in [-0.05, 0) is 51.9 Å². The van der Waals surface area contributed by atoms with E-state index in [0.717, 1.165) is 73.0 Å². The minimum Gasteiger partial charge on any atom is -0.454 e. The maximum absolute atomic E-state index is 18.7. The zero-order valence-corrected chi connectivity index (χ0v) is 36.3. The Hall–Kier alpha value is -5.97. The Balaban J connectivity index is 1.36. The summed E-state index contributed by atoms with van der Waals surface area (Å²) in [6, 6.07) is 63.2. The summed E-state index contributed by atoms with van der Waals surface area (Å²) in [5.74, 6) is -0.254. The van der Waals surface area contributed by atoms with Crippen LogP contribution in [0.4, 0.5) is 4.39 Å². The molecule has 0 bridgehead atoms. The lowest BCUT2D eigenvalue weighted by molar-refractivity contribution is 0.629. The van der Waals surface area contributed by atoms with E-state index in [1.54, 1.807) is 0 Å². The Bertz CT molecular complexity index is 3430. The van der Waals surface area contributed by atoms with Gasteiger partial charge in [-0.25, -0.2) is 4.39 Å². The van der Waals surface area contributed by atoms with Crippen molar-refractivity contribution in [2.75, 3.05) is 0 Å². The van der Waals surface area contributed by atoms with Crippen molar-refractivity contribution in [1.82, 2.24) is 9.13 Å². The van der Waals surface area contributed by atoms with E-state index in [1.807, 2.05) is 30.3 Å². The second-order valence-electron chi connectivity index (χ2n) is 14.5. The number of hydrogen-bond donors (Lipinski definition) is 0. The van der Waals surface area contributed by atoms with Crippen LogP contribution in [0.25, 0.3) is 80.5 Å². The zero-order valence-electron chi connectivity index (χ0n) is 32.0. The Morgan fingerprint density at radius 3 is 1.44 bits per heavy atom. The molecule has 0 atom stereocenters. The van der Waals surface area contributed by atoms with Gasteiger partial charge in [0, 0.05) is 37.6 Å². The van der Waals surface area contributed by atoms with Gasteiger partial charge >= 0.3 is 0 Å². The Morgan fingerprint density at radius 2 is 0.915 bits per heavy atom. The van der Waals surface area contributed by atoms with Gasteiger partial charge in [0.15, 0.2) is 5.58 Å². The standard InChI is InChI=1S/C53H35FI2N2O/c1-33(35-19-5-3-6-20-35)55-53(36-21-7-4-8-22-36)56-34(2)47-49(54)48-41-27-13-18-32-46(41)59-52(48)51(58-44-30-16-11-25-39(44)40-26-12-17-31-45(40)58)50(47)57-42-28-14-9-23-37(42)38-24-10-15-29-43(38)57/h3-32H,1H2,2H3. The number of halogens is 3. The molecule has 284 valence electrons. The first-order chi connectivity index (χ1) is 29.1. The average molecular weight is 989 g/mol. The molecule has 0 aliphatic heterocycles. The molecule has 11 aromatic rings. The predicted molar refractivity (Wildman–Crippen MR) is 266 cm³/mol. The summed E-state index contributed by atoms with van der Waals surface area (Å²) in [6.45, 7) is 6.80. The van der Waals surface area contributed by atoms with Crippen molar-refractivity contribution in [3.05, 3.63) is 211 Å². The van der Waals surface area contributed by atoms with Gasteiger partial charge in [-0.2, -0.15) is 0 Å². The van der Waals surface area contributed by atoms with Crippen LogP contribution in [0, 0.1) is 5.82 Å². The average Bonchev–Trinajstić information content (AvgIpc) is 3.95. The minimum atomic E-state index is -0.885. The van der Waals surface area contributed by atoms with Crippen LogP contribution >= 0.6 is 41.5 Å². The second kappa shape index (κ2) is 14.7. The van der Waals surface area contributed by atoms with Gasteiger partial charge in [-0.1, -0.05) is 200 Å². The fraction of sp³-hybridized carbons (Fsp3) is 0.0189. The summed E-state index contributed by atoms with van der Waals surface area (Å²) >= 11 is -1.55. The van der Waals surface area contributed by atoms with Crippen molar-refractivity contribution in [2.45, 2.75) is 6.92 Å². The van der Waals surface area contributed by atoms with E-state index in [0.29, 0.717) is 22.1 Å². The van der Waals surface area contributed by atoms with Gasteiger partial charge < -0.3 is 13.6 Å². The maximum atomic E-state index is 18.7. The van der Waals surface area contributed by atoms with Crippen molar-refractivity contribution in [1.29, 1.82) is 0 Å². The highest BCUT2D eigenvalue weighted by Gasteiger charge is 2.31. The predicted octanol–water partition coefficient (Wildman–Crippen LogP) is 15.3. The third kappa shape index (κ3) is 5.86. The SMILES string of the molecule is C=C(I=C(I=C(C)c1c(-n2c3ccccc3c3ccccc32)c(-n2c3ccccc3c3ccccc32)c2oc3ccccc3c2c1F)c1ccccc1)c1ccccc1. The van der Waals surface area contributed by atoms with Gasteiger partial charge in [0.05, 0.1) is 33.1 Å². The minimum absolute atomic E-state index is 0.254. The van der Waals surface area contributed by atoms with Crippen molar-refractivity contribution in [3.8, 4) is 11.4 Å². The number of fused-ring (bicyclic) bond motifs is 9. The van der Waals surface area contributed by atoms with Gasteiger partial charge in [0.2, 0.25) is 0 Å². The normalized spacial score (nSPS) is 12.8. The molecule has 11 rings (SSSR count). The van der Waals surface area contributed by atoms with Crippen molar-refractivity contribution in [2.24, 2.45) is 0 Å². The lowest BCUT2D eigenvalue weighted by Crippen LogP contribution is -2.13. The van der Waals surface area contributed by atoms with Crippen molar-refractivity contribution >= 4 is 116 Å². The summed E-state index contributed by atoms with van der Waals surface area (Å²) < 4.78 is 33.8. The highest BCUT2D eigenvalue weighted by molar-refractivity contribution is 14.3. The molecular weight excluding hydrogens is 953 g/mol. The summed E-state index contributed by atoms with van der Waals surface area (Å²) in [5.41, 5.74) is 9.86. The molecule has 0 saturated carbocycles. The second-order valence-corrected chi connectivity index (χ2v) is 22.8. The number of furan rings is 1. The zero-order chi connectivity index (χ0) is 39.6. The first-order valence-electron chi connectivity index (χ1n) is 19.5. The number of hydrogen-bond acceptors (Lipinski definition) is 1. The van der Waals surface area contributed by atoms with Crippen LogP contribution < -0.4 is 0 Å². The van der Waals surface area contributed by atoms with Crippen LogP contribution in [0.1, 0.15) is 23.6 Å². The van der Waals surface area contributed by atoms with Crippen LogP contribution in [0.15, 0.2) is 193 Å². The highest BCUT2D eigenvalue weighted by Crippen LogP contribution is 2.47. The molecule has 6 heteroatoms. The molecule has 3 heterocycles. The van der Waals surface area contributed by atoms with E-state index in [4.69, 9.17) is 4.42 Å². The van der Waals surface area contributed by atoms with Crippen LogP contribution in [0.2, 0.25) is 0 Å². The Morgan fingerprint density at radius 1 is 0.492 bits per heavy atom. The van der Waals surface area contributed by atoms with Crippen LogP contribution in [-0.2, 0) is 0 Å². The summed E-state index contributed by atoms with van der Waals surface area (Å²) in [6.07, 6.45) is 0. The molecule has 0 aliphatic carbocycles. The van der Waals surface area contributed by atoms with Gasteiger partial charge in [0.1, 0.15) is 17.1 Å². The van der Waals surface area contributed by atoms with E-state index in [9.17, 15) is 0 Å². The molecule has 0 N–H and O–H groups in total. The molecule has 3 nitrogen and oxygen atoms in total. The Labute approximate surface area is 360 Å². The van der Waals surface area contributed by atoms with E-state index >= 15 is 4.39 Å². The third-order valence-electron chi connectivity index (χ3n) is 11.2.